The number of hydrogen-bond donors (Lipinski definition) is 0. The molecule has 7 nitrogen and oxygen atoms in total. The van der Waals surface area contributed by atoms with Gasteiger partial charge < -0.3 is 14.6 Å². The number of carboxylic acids is 1. The molecule has 160 valence electrons. The van der Waals surface area contributed by atoms with E-state index < -0.39 is 16.0 Å². The van der Waals surface area contributed by atoms with Crippen LogP contribution in [0.4, 0.5) is 0 Å². The number of nitrogens with zero attached hydrogens (tertiary/aromatic N) is 2. The lowest BCUT2D eigenvalue weighted by molar-refractivity contribution is -0.301. The van der Waals surface area contributed by atoms with Gasteiger partial charge in [-0.25, -0.2) is 13.4 Å². The third-order valence-corrected chi connectivity index (χ3v) is 8.27. The first kappa shape index (κ1) is 22.6. The Balaban J connectivity index is 2.39. The topological polar surface area (TPSA) is 99.6 Å². The number of ether oxygens (including phenoxy) is 1. The Morgan fingerprint density at radius 3 is 2.53 bits per heavy atom. The van der Waals surface area contributed by atoms with Crippen molar-refractivity contribution in [3.8, 4) is 5.75 Å². The Morgan fingerprint density at radius 2 is 1.93 bits per heavy atom. The molecule has 0 atom stereocenters. The Morgan fingerprint density at radius 1 is 1.23 bits per heavy atom. The summed E-state index contributed by atoms with van der Waals surface area (Å²) >= 11 is 7.41. The summed E-state index contributed by atoms with van der Waals surface area (Å²) < 4.78 is 32.9. The predicted octanol–water partition coefficient (Wildman–Crippen LogP) is 2.92. The van der Waals surface area contributed by atoms with E-state index in [-0.39, 0.29) is 15.7 Å². The molecule has 0 unspecified atom stereocenters. The summed E-state index contributed by atoms with van der Waals surface area (Å²) in [6, 6.07) is 8.25. The van der Waals surface area contributed by atoms with Crippen LogP contribution in [0.15, 0.2) is 40.1 Å². The number of thioether (sulfide) groups is 1. The first-order valence-electron chi connectivity index (χ1n) is 9.17. The second-order valence-electron chi connectivity index (χ2n) is 6.35. The lowest BCUT2D eigenvalue weighted by atomic mass is 10.1. The molecule has 0 saturated carbocycles. The number of pyridine rings is 1. The van der Waals surface area contributed by atoms with E-state index >= 15 is 0 Å². The lowest BCUT2D eigenvalue weighted by Crippen LogP contribution is -2.30. The fourth-order valence-corrected chi connectivity index (χ4v) is 6.14. The molecule has 0 aliphatic heterocycles. The summed E-state index contributed by atoms with van der Waals surface area (Å²) in [6.45, 7) is 4.09. The highest BCUT2D eigenvalue weighted by Gasteiger charge is 2.26. The van der Waals surface area contributed by atoms with Gasteiger partial charge in [-0.2, -0.15) is 4.31 Å². The Bertz CT molecular complexity index is 1230. The van der Waals surface area contributed by atoms with Crippen LogP contribution in [0.1, 0.15) is 13.8 Å². The summed E-state index contributed by atoms with van der Waals surface area (Å²) in [4.78, 5) is 16.3. The highest BCUT2D eigenvalue weighted by molar-refractivity contribution is 8.00. The highest BCUT2D eigenvalue weighted by Crippen LogP contribution is 2.40. The number of fused-ring (bicyclic) bond motifs is 2. The zero-order valence-corrected chi connectivity index (χ0v) is 19.0. The van der Waals surface area contributed by atoms with E-state index in [4.69, 9.17) is 16.3 Å². The molecule has 2 aromatic carbocycles. The van der Waals surface area contributed by atoms with E-state index in [0.29, 0.717) is 45.5 Å². The third-order valence-electron chi connectivity index (χ3n) is 4.65. The van der Waals surface area contributed by atoms with E-state index in [0.717, 1.165) is 11.8 Å². The van der Waals surface area contributed by atoms with Crippen LogP contribution in [0.5, 0.6) is 5.75 Å². The maximum atomic E-state index is 13.1. The Hall–Kier alpha value is -2.07. The number of carbonyl (C=O) groups excluding carboxylic acids is 1. The number of carboxylic acid groups (broad SMARTS) is 1. The summed E-state index contributed by atoms with van der Waals surface area (Å²) in [5, 5.41) is 12.3. The van der Waals surface area contributed by atoms with Crippen LogP contribution in [0.25, 0.3) is 21.8 Å². The Kier molecular flexibility index (Phi) is 6.76. The average Bonchev–Trinajstić information content (AvgIpc) is 2.70. The molecule has 3 rings (SSSR count). The van der Waals surface area contributed by atoms with Gasteiger partial charge in [-0.05, 0) is 18.2 Å². The van der Waals surface area contributed by atoms with Gasteiger partial charge in [0.2, 0.25) is 10.0 Å². The molecule has 0 aliphatic rings. The normalized spacial score (nSPS) is 12.0. The van der Waals surface area contributed by atoms with Crippen molar-refractivity contribution in [2.45, 2.75) is 23.6 Å². The van der Waals surface area contributed by atoms with Crippen molar-refractivity contribution >= 4 is 61.2 Å². The van der Waals surface area contributed by atoms with Gasteiger partial charge in [0.15, 0.2) is 0 Å². The minimum atomic E-state index is -3.83. The van der Waals surface area contributed by atoms with Crippen molar-refractivity contribution in [3.63, 3.8) is 0 Å². The van der Waals surface area contributed by atoms with Crippen molar-refractivity contribution in [1.29, 1.82) is 0 Å². The quantitative estimate of drug-likeness (QED) is 0.371. The molecule has 0 aliphatic carbocycles. The van der Waals surface area contributed by atoms with E-state index in [2.05, 4.69) is 4.98 Å². The fraction of sp³-hybridized carbons (Fsp3) is 0.300. The van der Waals surface area contributed by atoms with E-state index in [1.807, 2.05) is 0 Å². The molecule has 0 spiro atoms. The summed E-state index contributed by atoms with van der Waals surface area (Å²) in [5.74, 6) is -1.02. The van der Waals surface area contributed by atoms with Crippen LogP contribution >= 0.6 is 23.4 Å². The van der Waals surface area contributed by atoms with E-state index in [1.54, 1.807) is 32.0 Å². The third kappa shape index (κ3) is 4.07. The number of aromatic nitrogens is 1. The number of sulfonamides is 1. The molecule has 0 saturated heterocycles. The van der Waals surface area contributed by atoms with Crippen molar-refractivity contribution in [1.82, 2.24) is 9.29 Å². The molecule has 0 amide bonds. The maximum Gasteiger partial charge on any atom is 0.244 e. The fourth-order valence-electron chi connectivity index (χ4n) is 3.26. The van der Waals surface area contributed by atoms with Crippen molar-refractivity contribution in [2.75, 3.05) is 26.0 Å². The van der Waals surface area contributed by atoms with Crippen molar-refractivity contribution in [2.24, 2.45) is 0 Å². The van der Waals surface area contributed by atoms with Gasteiger partial charge in [0.25, 0.3) is 0 Å². The van der Waals surface area contributed by atoms with E-state index in [9.17, 15) is 18.3 Å². The van der Waals surface area contributed by atoms with Crippen LogP contribution in [-0.4, -0.2) is 49.6 Å². The molecular weight excluding hydrogens is 448 g/mol. The van der Waals surface area contributed by atoms with Crippen LogP contribution in [-0.2, 0) is 14.8 Å². The average molecular weight is 468 g/mol. The van der Waals surface area contributed by atoms with Gasteiger partial charge in [-0.1, -0.05) is 37.6 Å². The Labute approximate surface area is 184 Å². The number of halogens is 1. The number of aliphatic carboxylic acids is 1. The number of hydrogen-bond acceptors (Lipinski definition) is 7. The number of carbonyl (C=O) groups is 1. The zero-order valence-electron chi connectivity index (χ0n) is 16.6. The van der Waals surface area contributed by atoms with Gasteiger partial charge in [0.1, 0.15) is 16.2 Å². The molecule has 0 bridgehead atoms. The first-order chi connectivity index (χ1) is 14.2. The molecule has 0 radical (unpaired) electrons. The smallest absolute Gasteiger partial charge is 0.244 e. The second kappa shape index (κ2) is 8.97. The molecule has 10 heteroatoms. The summed E-state index contributed by atoms with van der Waals surface area (Å²) in [6.07, 6.45) is 0. The van der Waals surface area contributed by atoms with Gasteiger partial charge in [-0.3, -0.25) is 0 Å². The maximum absolute atomic E-state index is 13.1. The number of rotatable bonds is 8. The standard InChI is InChI=1S/C20H21ClN2O5S2/c1-4-23(5-2)30(26,27)17-9-13-15(10-14(17)21)22-19-12(7-6-8-16(19)28-3)20(13)29-11-18(24)25/h6-10H,4-5,11H2,1-3H3,(H,24,25)/p-1. The minimum absolute atomic E-state index is 0.0419. The van der Waals surface area contributed by atoms with Gasteiger partial charge in [0, 0.05) is 34.5 Å². The van der Waals surface area contributed by atoms with E-state index in [1.165, 1.54) is 23.5 Å². The number of para-hydroxylation sites is 1. The largest absolute Gasteiger partial charge is 0.549 e. The summed E-state index contributed by atoms with van der Waals surface area (Å²) in [7, 11) is -2.31. The first-order valence-corrected chi connectivity index (χ1v) is 12.0. The zero-order chi connectivity index (χ0) is 22.1. The number of methoxy groups -OCH3 is 1. The number of benzene rings is 2. The van der Waals surface area contributed by atoms with Gasteiger partial charge in [0.05, 0.1) is 23.6 Å². The lowest BCUT2D eigenvalue weighted by Gasteiger charge is -2.20. The molecule has 1 aromatic heterocycles. The summed E-state index contributed by atoms with van der Waals surface area (Å²) in [5.41, 5.74) is 0.972. The monoisotopic (exact) mass is 467 g/mol. The molecule has 30 heavy (non-hydrogen) atoms. The SMILES string of the molecule is CCN(CC)S(=O)(=O)c1cc2c(SCC(=O)[O-])c3cccc(OC)c3nc2cc1Cl. The molecule has 1 heterocycles. The van der Waals surface area contributed by atoms with Crippen LogP contribution < -0.4 is 9.84 Å². The highest BCUT2D eigenvalue weighted by atomic mass is 35.5. The molecular formula is C20H20ClN2O5S2-. The van der Waals surface area contributed by atoms with Gasteiger partial charge >= 0.3 is 0 Å². The minimum Gasteiger partial charge on any atom is -0.549 e. The predicted molar refractivity (Wildman–Crippen MR) is 117 cm³/mol. The molecule has 0 fully saturated rings. The van der Waals surface area contributed by atoms with Crippen molar-refractivity contribution < 1.29 is 23.1 Å². The molecule has 3 aromatic rings. The van der Waals surface area contributed by atoms with Crippen molar-refractivity contribution in [3.05, 3.63) is 35.4 Å². The van der Waals surface area contributed by atoms with Crippen LogP contribution in [0.2, 0.25) is 5.02 Å². The van der Waals surface area contributed by atoms with Gasteiger partial charge in [-0.15, -0.1) is 11.8 Å². The van der Waals surface area contributed by atoms with Crippen LogP contribution in [0.3, 0.4) is 0 Å². The molecule has 0 N–H and O–H groups in total. The van der Waals surface area contributed by atoms with Crippen LogP contribution in [0, 0.1) is 0 Å². The second-order valence-corrected chi connectivity index (χ2v) is 9.65.